The average Bonchev–Trinajstić information content (AvgIpc) is 3.28. The van der Waals surface area contributed by atoms with Crippen molar-refractivity contribution >= 4 is 35.0 Å². The summed E-state index contributed by atoms with van der Waals surface area (Å²) in [7, 11) is 0. The van der Waals surface area contributed by atoms with Gasteiger partial charge >= 0.3 is 0 Å². The van der Waals surface area contributed by atoms with E-state index in [0.29, 0.717) is 18.2 Å². The number of ether oxygens (including phenoxy) is 1. The Kier molecular flexibility index (Phi) is 5.51. The van der Waals surface area contributed by atoms with E-state index in [9.17, 15) is 9.60 Å². The van der Waals surface area contributed by atoms with Gasteiger partial charge in [-0.3, -0.25) is 4.98 Å². The first-order valence-corrected chi connectivity index (χ1v) is 7.76. The van der Waals surface area contributed by atoms with Crippen molar-refractivity contribution in [2.75, 3.05) is 29.5 Å². The van der Waals surface area contributed by atoms with E-state index in [-0.39, 0.29) is 35.0 Å². The van der Waals surface area contributed by atoms with Crippen molar-refractivity contribution in [1.82, 2.24) is 25.5 Å². The topological polar surface area (TPSA) is 172 Å². The molecule has 0 amide bonds. The smallest absolute Gasteiger partial charge is 0.287 e. The van der Waals surface area contributed by atoms with E-state index >= 15 is 0 Å². The van der Waals surface area contributed by atoms with Crippen LogP contribution in [0.3, 0.4) is 0 Å². The van der Waals surface area contributed by atoms with Crippen molar-refractivity contribution < 1.29 is 19.0 Å². The summed E-state index contributed by atoms with van der Waals surface area (Å²) in [5, 5.41) is 32.4. The van der Waals surface area contributed by atoms with Gasteiger partial charge < -0.3 is 26.3 Å². The first-order valence-electron chi connectivity index (χ1n) is 7.38. The molecule has 0 saturated carbocycles. The van der Waals surface area contributed by atoms with Gasteiger partial charge in [-0.05, 0) is 28.5 Å². The molecule has 12 nitrogen and oxygen atoms in total. The number of anilines is 3. The zero-order valence-electron chi connectivity index (χ0n) is 13.5. The van der Waals surface area contributed by atoms with Gasteiger partial charge in [-0.25, -0.2) is 9.02 Å². The molecule has 0 radical (unpaired) electrons. The number of hydrogen-bond acceptors (Lipinski definition) is 10. The highest BCUT2D eigenvalue weighted by molar-refractivity contribution is 6.31. The molecule has 0 unspecified atom stereocenters. The molecule has 0 atom stereocenters. The van der Waals surface area contributed by atoms with Gasteiger partial charge in [0.25, 0.3) is 5.88 Å². The number of hydrogen-bond donors (Lipinski definition) is 5. The van der Waals surface area contributed by atoms with Crippen LogP contribution in [-0.2, 0) is 0 Å². The molecule has 1 aromatic carbocycles. The summed E-state index contributed by atoms with van der Waals surface area (Å²) in [5.41, 5.74) is 5.76. The van der Waals surface area contributed by atoms with Gasteiger partial charge in [-0.15, -0.1) is 10.2 Å². The molecule has 3 rings (SSSR count). The highest BCUT2D eigenvalue weighted by atomic mass is 35.5. The summed E-state index contributed by atoms with van der Waals surface area (Å²) in [6.45, 7) is 0.469. The third-order valence-corrected chi connectivity index (χ3v) is 3.39. The highest BCUT2D eigenvalue weighted by Crippen LogP contribution is 2.21. The minimum atomic E-state index is -0.585. The van der Waals surface area contributed by atoms with E-state index < -0.39 is 5.82 Å². The summed E-state index contributed by atoms with van der Waals surface area (Å²) in [5.74, 6) is -0.190. The number of rotatable bonds is 7. The second-order valence-electron chi connectivity index (χ2n) is 4.95. The van der Waals surface area contributed by atoms with Crippen molar-refractivity contribution in [1.29, 1.82) is 0 Å². The molecular weight excluding hydrogens is 385 g/mol. The molecule has 142 valence electrons. The van der Waals surface area contributed by atoms with E-state index in [4.69, 9.17) is 22.1 Å². The lowest BCUT2D eigenvalue weighted by Crippen LogP contribution is -2.18. The molecular formula is C13H13ClFN9O3. The molecule has 0 aliphatic rings. The van der Waals surface area contributed by atoms with Crippen LogP contribution in [-0.4, -0.2) is 49.7 Å². The van der Waals surface area contributed by atoms with Crippen molar-refractivity contribution in [3.63, 3.8) is 0 Å². The van der Waals surface area contributed by atoms with Crippen LogP contribution in [0.2, 0.25) is 5.02 Å². The normalized spacial score (nSPS) is 11.4. The van der Waals surface area contributed by atoms with Crippen LogP contribution in [0.15, 0.2) is 28.0 Å². The fraction of sp³-hybridized carbons (Fsp3) is 0.154. The molecule has 0 aliphatic carbocycles. The van der Waals surface area contributed by atoms with Crippen molar-refractivity contribution in [2.24, 2.45) is 5.16 Å². The number of oxime groups is 1. The largest absolute Gasteiger partial charge is 0.472 e. The van der Waals surface area contributed by atoms with Gasteiger partial charge in [0.15, 0.2) is 0 Å². The molecule has 3 aromatic rings. The Bertz CT molecular complexity index is 945. The van der Waals surface area contributed by atoms with Crippen LogP contribution in [0, 0.1) is 5.82 Å². The molecule has 0 bridgehead atoms. The second kappa shape index (κ2) is 8.18. The number of amidine groups is 1. The van der Waals surface area contributed by atoms with Gasteiger partial charge in [0.05, 0.1) is 11.6 Å². The zero-order chi connectivity index (χ0) is 19.2. The molecule has 14 heteroatoms. The van der Waals surface area contributed by atoms with Gasteiger partial charge in [0.1, 0.15) is 12.4 Å². The number of benzene rings is 1. The number of halogens is 2. The van der Waals surface area contributed by atoms with Crippen LogP contribution in [0.25, 0.3) is 0 Å². The van der Waals surface area contributed by atoms with Gasteiger partial charge in [0.2, 0.25) is 23.4 Å². The van der Waals surface area contributed by atoms with Crippen LogP contribution in [0.1, 0.15) is 5.69 Å². The number of nitrogens with one attached hydrogen (secondary N) is 3. The highest BCUT2D eigenvalue weighted by Gasteiger charge is 2.19. The van der Waals surface area contributed by atoms with Crippen LogP contribution >= 0.6 is 11.6 Å². The summed E-state index contributed by atoms with van der Waals surface area (Å²) in [6.07, 6.45) is 0. The third-order valence-electron chi connectivity index (χ3n) is 3.10. The molecule has 2 heterocycles. The number of H-pyrrole nitrogens is 1. The summed E-state index contributed by atoms with van der Waals surface area (Å²) < 4.78 is 23.3. The fourth-order valence-corrected chi connectivity index (χ4v) is 2.11. The van der Waals surface area contributed by atoms with Crippen molar-refractivity contribution in [3.8, 4) is 5.88 Å². The number of aromatic amines is 1. The van der Waals surface area contributed by atoms with Gasteiger partial charge in [-0.2, -0.15) is 0 Å². The molecule has 0 aliphatic heterocycles. The van der Waals surface area contributed by atoms with E-state index in [0.717, 1.165) is 6.07 Å². The van der Waals surface area contributed by atoms with Gasteiger partial charge in [0, 0.05) is 5.69 Å². The second-order valence-corrected chi connectivity index (χ2v) is 5.36. The maximum atomic E-state index is 13.2. The Hall–Kier alpha value is -3.61. The minimum absolute atomic E-state index is 0.00172. The lowest BCUT2D eigenvalue weighted by atomic mass is 10.3. The Morgan fingerprint density at radius 1 is 1.41 bits per heavy atom. The quantitative estimate of drug-likeness (QED) is 0.128. The molecule has 0 spiro atoms. The Morgan fingerprint density at radius 3 is 2.96 bits per heavy atom. The molecule has 2 aromatic heterocycles. The number of nitrogen functional groups attached to an aromatic ring is 1. The van der Waals surface area contributed by atoms with Crippen LogP contribution < -0.4 is 21.1 Å². The predicted molar refractivity (Wildman–Crippen MR) is 92.4 cm³/mol. The molecule has 0 fully saturated rings. The fourth-order valence-electron chi connectivity index (χ4n) is 1.93. The SMILES string of the molecule is Nc1nnc(NCCOc2nonc2/C(=N/O)Nc2ccc(F)c(Cl)c2)[nH]1. The standard InChI is InChI=1S/C13H13ClFN9O3/c14-7-5-6(1-2-8(7)15)18-10(22-25)9-11(24-27-23-9)26-4-3-17-13-19-12(16)20-21-13/h1-2,5,25H,3-4H2,(H,18,22)(H4,16,17,19,20,21). The maximum Gasteiger partial charge on any atom is 0.287 e. The molecule has 27 heavy (non-hydrogen) atoms. The van der Waals surface area contributed by atoms with E-state index in [1.165, 1.54) is 12.1 Å². The van der Waals surface area contributed by atoms with E-state index in [1.54, 1.807) is 0 Å². The summed E-state index contributed by atoms with van der Waals surface area (Å²) in [4.78, 5) is 2.69. The molecule has 6 N–H and O–H groups in total. The third kappa shape index (κ3) is 4.52. The average molecular weight is 398 g/mol. The number of nitrogens with zero attached hydrogens (tertiary/aromatic N) is 5. The predicted octanol–water partition coefficient (Wildman–Crippen LogP) is 1.30. The maximum absolute atomic E-state index is 13.2. The Morgan fingerprint density at radius 2 is 2.26 bits per heavy atom. The first kappa shape index (κ1) is 18.2. The Labute approximate surface area is 155 Å². The summed E-state index contributed by atoms with van der Waals surface area (Å²) in [6, 6.07) is 3.86. The van der Waals surface area contributed by atoms with Crippen molar-refractivity contribution in [2.45, 2.75) is 0 Å². The van der Waals surface area contributed by atoms with E-state index in [2.05, 4.69) is 45.9 Å². The monoisotopic (exact) mass is 397 g/mol. The van der Waals surface area contributed by atoms with Crippen LogP contribution in [0.5, 0.6) is 5.88 Å². The van der Waals surface area contributed by atoms with Gasteiger partial charge in [-0.1, -0.05) is 16.8 Å². The van der Waals surface area contributed by atoms with E-state index in [1.807, 2.05) is 0 Å². The Balaban J connectivity index is 1.60. The van der Waals surface area contributed by atoms with Crippen LogP contribution in [0.4, 0.5) is 22.0 Å². The zero-order valence-corrected chi connectivity index (χ0v) is 14.2. The number of aromatic nitrogens is 5. The first-order chi connectivity index (χ1) is 13.1. The lowest BCUT2D eigenvalue weighted by molar-refractivity contribution is 0.261. The number of nitrogens with two attached hydrogens (primary N) is 1. The lowest BCUT2D eigenvalue weighted by Gasteiger charge is -2.08. The minimum Gasteiger partial charge on any atom is -0.472 e. The summed E-state index contributed by atoms with van der Waals surface area (Å²) >= 11 is 5.72. The molecule has 0 saturated heterocycles. The van der Waals surface area contributed by atoms with Crippen molar-refractivity contribution in [3.05, 3.63) is 34.7 Å².